The highest BCUT2D eigenvalue weighted by Crippen LogP contribution is 2.25. The van der Waals surface area contributed by atoms with Gasteiger partial charge in [0, 0.05) is 18.8 Å². The molecule has 0 aliphatic carbocycles. The molecule has 0 fully saturated rings. The molecule has 5 rings (SSSR count). The van der Waals surface area contributed by atoms with E-state index in [1.165, 1.54) is 4.90 Å². The van der Waals surface area contributed by atoms with Crippen molar-refractivity contribution in [1.82, 2.24) is 24.1 Å². The van der Waals surface area contributed by atoms with E-state index in [2.05, 4.69) is 10.2 Å². The van der Waals surface area contributed by atoms with Crippen LogP contribution in [0.5, 0.6) is 0 Å². The Morgan fingerprint density at radius 2 is 1.55 bits per heavy atom. The molecule has 33 heavy (non-hydrogen) atoms. The monoisotopic (exact) mass is 461 g/mol. The largest absolute Gasteiger partial charge is 0.276 e. The van der Waals surface area contributed by atoms with Crippen molar-refractivity contribution in [1.29, 1.82) is 0 Å². The Hall–Kier alpha value is -3.46. The van der Waals surface area contributed by atoms with Crippen molar-refractivity contribution >= 4 is 40.3 Å². The fourth-order valence-electron chi connectivity index (χ4n) is 4.23. The van der Waals surface area contributed by atoms with Gasteiger partial charge in [-0.05, 0) is 43.5 Å². The molecular weight excluding hydrogens is 438 g/mol. The number of aromatic nitrogens is 4. The molecule has 2 aromatic heterocycles. The smallest absolute Gasteiger partial charge is 0.262 e. The molecule has 8 nitrogen and oxygen atoms in total. The highest BCUT2D eigenvalue weighted by atomic mass is 32.2. The van der Waals surface area contributed by atoms with Gasteiger partial charge in [0.1, 0.15) is 0 Å². The SMILES string of the molecule is CCCn1c(=O)c2ccccc2n2c(SCCCCN3C(=O)c4ccccc4C3=O)nnc12. The molecule has 0 radical (unpaired) electrons. The molecule has 0 bridgehead atoms. The zero-order valence-electron chi connectivity index (χ0n) is 18.2. The summed E-state index contributed by atoms with van der Waals surface area (Å²) in [4.78, 5) is 39.2. The third-order valence-electron chi connectivity index (χ3n) is 5.81. The summed E-state index contributed by atoms with van der Waals surface area (Å²) in [5.74, 6) is 0.874. The summed E-state index contributed by atoms with van der Waals surface area (Å²) < 4.78 is 3.63. The molecule has 9 heteroatoms. The molecule has 0 spiro atoms. The van der Waals surface area contributed by atoms with Crippen LogP contribution in [0.2, 0.25) is 0 Å². The maximum atomic E-state index is 12.9. The van der Waals surface area contributed by atoms with Crippen LogP contribution in [0, 0.1) is 0 Å². The topological polar surface area (TPSA) is 89.6 Å². The van der Waals surface area contributed by atoms with Crippen molar-refractivity contribution < 1.29 is 9.59 Å². The fourth-order valence-corrected chi connectivity index (χ4v) is 5.17. The number of unbranched alkanes of at least 4 members (excludes halogenated alkanes) is 1. The van der Waals surface area contributed by atoms with Gasteiger partial charge in [-0.1, -0.05) is 43.0 Å². The van der Waals surface area contributed by atoms with Gasteiger partial charge in [-0.2, -0.15) is 0 Å². The number of thioether (sulfide) groups is 1. The molecule has 2 aromatic carbocycles. The van der Waals surface area contributed by atoms with Gasteiger partial charge in [0.05, 0.1) is 22.0 Å². The normalized spacial score (nSPS) is 13.4. The van der Waals surface area contributed by atoms with Gasteiger partial charge in [0.15, 0.2) is 5.16 Å². The molecule has 0 unspecified atom stereocenters. The first-order valence-corrected chi connectivity index (χ1v) is 12.0. The van der Waals surface area contributed by atoms with Crippen molar-refractivity contribution in [3.8, 4) is 0 Å². The van der Waals surface area contributed by atoms with E-state index in [9.17, 15) is 14.4 Å². The number of amides is 2. The average Bonchev–Trinajstić information content (AvgIpc) is 3.36. The summed E-state index contributed by atoms with van der Waals surface area (Å²) in [6, 6.07) is 14.5. The molecule has 1 aliphatic rings. The van der Waals surface area contributed by atoms with Gasteiger partial charge < -0.3 is 0 Å². The lowest BCUT2D eigenvalue weighted by Gasteiger charge is -2.13. The van der Waals surface area contributed by atoms with E-state index in [-0.39, 0.29) is 17.4 Å². The second-order valence-corrected chi connectivity index (χ2v) is 9.02. The predicted octanol–water partition coefficient (Wildman–Crippen LogP) is 3.62. The number of carbonyl (C=O) groups is 2. The second kappa shape index (κ2) is 8.82. The minimum absolute atomic E-state index is 0.0511. The van der Waals surface area contributed by atoms with Crippen molar-refractivity contribution in [2.45, 2.75) is 37.9 Å². The van der Waals surface area contributed by atoms with Crippen LogP contribution in [-0.4, -0.2) is 48.2 Å². The Bertz CT molecular complexity index is 1410. The lowest BCUT2D eigenvalue weighted by molar-refractivity contribution is 0.0652. The molecule has 0 atom stereocenters. The number of rotatable bonds is 8. The van der Waals surface area contributed by atoms with E-state index in [1.54, 1.807) is 40.6 Å². The second-order valence-electron chi connectivity index (χ2n) is 7.96. The Morgan fingerprint density at radius 1 is 0.848 bits per heavy atom. The van der Waals surface area contributed by atoms with Crippen LogP contribution < -0.4 is 5.56 Å². The molecule has 2 amide bonds. The lowest BCUT2D eigenvalue weighted by atomic mass is 10.1. The van der Waals surface area contributed by atoms with Gasteiger partial charge in [-0.25, -0.2) is 0 Å². The summed E-state index contributed by atoms with van der Waals surface area (Å²) in [6.07, 6.45) is 2.33. The minimum atomic E-state index is -0.216. The summed E-state index contributed by atoms with van der Waals surface area (Å²) in [6.45, 7) is 3.00. The number of para-hydroxylation sites is 1. The number of imide groups is 1. The lowest BCUT2D eigenvalue weighted by Crippen LogP contribution is -2.30. The summed E-state index contributed by atoms with van der Waals surface area (Å²) in [7, 11) is 0. The fraction of sp³-hybridized carbons (Fsp3) is 0.292. The van der Waals surface area contributed by atoms with E-state index < -0.39 is 0 Å². The quantitative estimate of drug-likeness (QED) is 0.226. The van der Waals surface area contributed by atoms with Crippen LogP contribution >= 0.6 is 11.8 Å². The molecule has 0 saturated heterocycles. The first-order chi connectivity index (χ1) is 16.1. The van der Waals surface area contributed by atoms with Crippen LogP contribution in [0.25, 0.3) is 16.7 Å². The predicted molar refractivity (Wildman–Crippen MR) is 127 cm³/mol. The van der Waals surface area contributed by atoms with Crippen LogP contribution in [0.15, 0.2) is 58.5 Å². The number of hydrogen-bond donors (Lipinski definition) is 0. The Balaban J connectivity index is 1.29. The molecule has 168 valence electrons. The standard InChI is InChI=1S/C24H23N5O3S/c1-2-13-28-22(32)18-11-5-6-12-19(18)29-23(28)25-26-24(29)33-15-8-7-14-27-20(30)16-9-3-4-10-17(16)21(27)31/h3-6,9-12H,2,7-8,13-15H2,1H3. The van der Waals surface area contributed by atoms with Gasteiger partial charge in [-0.15, -0.1) is 10.2 Å². The van der Waals surface area contributed by atoms with Gasteiger partial charge in [0.25, 0.3) is 17.4 Å². The maximum Gasteiger partial charge on any atom is 0.262 e. The molecule has 4 aromatic rings. The number of hydrogen-bond acceptors (Lipinski definition) is 6. The van der Waals surface area contributed by atoms with Gasteiger partial charge >= 0.3 is 0 Å². The number of nitrogens with zero attached hydrogens (tertiary/aromatic N) is 5. The Morgan fingerprint density at radius 3 is 2.27 bits per heavy atom. The zero-order valence-corrected chi connectivity index (χ0v) is 19.0. The molecular formula is C24H23N5O3S. The van der Waals surface area contributed by atoms with Crippen molar-refractivity contribution in [2.24, 2.45) is 0 Å². The van der Waals surface area contributed by atoms with Gasteiger partial charge in [-0.3, -0.25) is 28.3 Å². The zero-order chi connectivity index (χ0) is 22.9. The van der Waals surface area contributed by atoms with E-state index >= 15 is 0 Å². The molecule has 0 saturated carbocycles. The third kappa shape index (κ3) is 3.62. The van der Waals surface area contributed by atoms with Gasteiger partial charge in [0.2, 0.25) is 5.78 Å². The van der Waals surface area contributed by atoms with E-state index in [4.69, 9.17) is 0 Å². The summed E-state index contributed by atoms with van der Waals surface area (Å²) in [5.41, 5.74) is 1.71. The first kappa shape index (κ1) is 21.4. The summed E-state index contributed by atoms with van der Waals surface area (Å²) >= 11 is 1.56. The molecule has 3 heterocycles. The van der Waals surface area contributed by atoms with Crippen molar-refractivity contribution in [2.75, 3.05) is 12.3 Å². The number of benzene rings is 2. The maximum absolute atomic E-state index is 12.9. The van der Waals surface area contributed by atoms with Crippen LogP contribution in [0.4, 0.5) is 0 Å². The number of fused-ring (bicyclic) bond motifs is 4. The van der Waals surface area contributed by atoms with Crippen LogP contribution in [-0.2, 0) is 6.54 Å². The summed E-state index contributed by atoms with van der Waals surface area (Å²) in [5, 5.41) is 10.0. The van der Waals surface area contributed by atoms with Crippen molar-refractivity contribution in [3.63, 3.8) is 0 Å². The van der Waals surface area contributed by atoms with Crippen LogP contribution in [0.1, 0.15) is 46.9 Å². The number of aryl methyl sites for hydroxylation is 1. The van der Waals surface area contributed by atoms with E-state index in [1.807, 2.05) is 35.6 Å². The Kier molecular flexibility index (Phi) is 5.72. The highest BCUT2D eigenvalue weighted by Gasteiger charge is 2.34. The highest BCUT2D eigenvalue weighted by molar-refractivity contribution is 7.99. The molecule has 0 N–H and O–H groups in total. The van der Waals surface area contributed by atoms with Crippen LogP contribution in [0.3, 0.4) is 0 Å². The molecule has 1 aliphatic heterocycles. The minimum Gasteiger partial charge on any atom is -0.276 e. The number of carbonyl (C=O) groups excluding carboxylic acids is 2. The van der Waals surface area contributed by atoms with E-state index in [0.29, 0.717) is 41.8 Å². The third-order valence-corrected chi connectivity index (χ3v) is 6.83. The Labute approximate surface area is 194 Å². The van der Waals surface area contributed by atoms with E-state index in [0.717, 1.165) is 29.3 Å². The first-order valence-electron chi connectivity index (χ1n) is 11.1. The average molecular weight is 462 g/mol. The van der Waals surface area contributed by atoms with Crippen molar-refractivity contribution in [3.05, 3.63) is 70.0 Å².